The lowest BCUT2D eigenvalue weighted by molar-refractivity contribution is 0.102. The van der Waals surface area contributed by atoms with Crippen molar-refractivity contribution in [2.24, 2.45) is 0 Å². The first kappa shape index (κ1) is 18.0. The zero-order chi connectivity index (χ0) is 19.1. The molecule has 142 valence electrons. The molecule has 3 aromatic rings. The number of hydrogen-bond acceptors (Lipinski definition) is 6. The maximum Gasteiger partial charge on any atom is 0.191 e. The van der Waals surface area contributed by atoms with Gasteiger partial charge in [-0.15, -0.1) is 10.2 Å². The zero-order valence-corrected chi connectivity index (χ0v) is 16.8. The molecule has 3 heterocycles. The Hall–Kier alpha value is -2.35. The summed E-state index contributed by atoms with van der Waals surface area (Å²) >= 11 is 1.46. The largest absolute Gasteiger partial charge is 0.360 e. The number of rotatable bonds is 7. The van der Waals surface area contributed by atoms with Gasteiger partial charge in [-0.3, -0.25) is 9.36 Å². The second-order valence-electron chi connectivity index (χ2n) is 6.99. The van der Waals surface area contributed by atoms with Gasteiger partial charge in [0.15, 0.2) is 16.8 Å². The number of thioether (sulfide) groups is 1. The molecule has 0 atom stereocenters. The predicted octanol–water partition coefficient (Wildman–Crippen LogP) is 3.85. The van der Waals surface area contributed by atoms with Crippen LogP contribution < -0.4 is 0 Å². The van der Waals surface area contributed by atoms with Crippen LogP contribution in [0.15, 0.2) is 21.8 Å². The number of aryl methyl sites for hydroxylation is 2. The van der Waals surface area contributed by atoms with Crippen molar-refractivity contribution in [1.29, 1.82) is 0 Å². The van der Waals surface area contributed by atoms with E-state index in [4.69, 9.17) is 4.52 Å². The van der Waals surface area contributed by atoms with Gasteiger partial charge in [-0.25, -0.2) is 0 Å². The van der Waals surface area contributed by atoms with Crippen molar-refractivity contribution in [3.05, 3.63) is 40.7 Å². The molecule has 1 aliphatic carbocycles. The summed E-state index contributed by atoms with van der Waals surface area (Å²) in [6.07, 6.45) is 2.38. The van der Waals surface area contributed by atoms with Gasteiger partial charge < -0.3 is 9.09 Å². The molecule has 8 heteroatoms. The fraction of sp³-hybridized carbons (Fsp3) is 0.474. The molecule has 1 saturated carbocycles. The molecule has 0 N–H and O–H groups in total. The summed E-state index contributed by atoms with van der Waals surface area (Å²) in [5.41, 5.74) is 2.55. The molecule has 3 aromatic heterocycles. The van der Waals surface area contributed by atoms with Gasteiger partial charge in [0.05, 0.1) is 5.75 Å². The molecule has 0 unspecified atom stereocenters. The third kappa shape index (κ3) is 3.34. The lowest BCUT2D eigenvalue weighted by Crippen LogP contribution is -2.07. The van der Waals surface area contributed by atoms with Crippen LogP contribution in [-0.2, 0) is 6.54 Å². The maximum atomic E-state index is 12.9. The highest BCUT2D eigenvalue weighted by atomic mass is 32.2. The van der Waals surface area contributed by atoms with Gasteiger partial charge in [-0.1, -0.05) is 16.9 Å². The number of ketones is 1. The van der Waals surface area contributed by atoms with E-state index in [0.29, 0.717) is 23.1 Å². The van der Waals surface area contributed by atoms with E-state index in [9.17, 15) is 4.79 Å². The molecule has 0 aromatic carbocycles. The van der Waals surface area contributed by atoms with E-state index in [1.54, 1.807) is 0 Å². The molecule has 1 aliphatic rings. The van der Waals surface area contributed by atoms with Gasteiger partial charge in [0.1, 0.15) is 11.6 Å². The molecule has 7 nitrogen and oxygen atoms in total. The summed E-state index contributed by atoms with van der Waals surface area (Å²) in [5.74, 6) is 3.48. The Morgan fingerprint density at radius 2 is 2.04 bits per heavy atom. The Morgan fingerprint density at radius 1 is 1.26 bits per heavy atom. The van der Waals surface area contributed by atoms with Crippen LogP contribution in [0.3, 0.4) is 0 Å². The fourth-order valence-corrected chi connectivity index (χ4v) is 4.30. The molecule has 0 aliphatic heterocycles. The monoisotopic (exact) mass is 385 g/mol. The summed E-state index contributed by atoms with van der Waals surface area (Å²) in [6, 6.07) is 3.79. The van der Waals surface area contributed by atoms with E-state index in [-0.39, 0.29) is 5.78 Å². The molecule has 0 bridgehead atoms. The molecule has 0 amide bonds. The zero-order valence-electron chi connectivity index (χ0n) is 16.0. The first-order valence-electron chi connectivity index (χ1n) is 9.21. The fourth-order valence-electron chi connectivity index (χ4n) is 3.41. The minimum atomic E-state index is 0.0817. The van der Waals surface area contributed by atoms with Gasteiger partial charge in [0.2, 0.25) is 0 Å². The Balaban J connectivity index is 1.52. The van der Waals surface area contributed by atoms with Gasteiger partial charge in [-0.05, 0) is 46.6 Å². The second-order valence-corrected chi connectivity index (χ2v) is 7.93. The number of carbonyl (C=O) groups excluding carboxylic acids is 1. The topological polar surface area (TPSA) is 78.7 Å². The van der Waals surface area contributed by atoms with E-state index in [0.717, 1.165) is 34.7 Å². The van der Waals surface area contributed by atoms with E-state index < -0.39 is 0 Å². The minimum absolute atomic E-state index is 0.0817. The van der Waals surface area contributed by atoms with Gasteiger partial charge in [-0.2, -0.15) is 0 Å². The van der Waals surface area contributed by atoms with Crippen molar-refractivity contribution in [3.63, 3.8) is 0 Å². The van der Waals surface area contributed by atoms with Crippen LogP contribution in [0.5, 0.6) is 0 Å². The first-order valence-corrected chi connectivity index (χ1v) is 10.2. The van der Waals surface area contributed by atoms with E-state index >= 15 is 0 Å². The van der Waals surface area contributed by atoms with E-state index in [1.165, 1.54) is 24.6 Å². The average molecular weight is 385 g/mol. The normalized spacial score (nSPS) is 14.1. The van der Waals surface area contributed by atoms with Crippen LogP contribution in [0.2, 0.25) is 0 Å². The third-order valence-corrected chi connectivity index (χ3v) is 5.88. The minimum Gasteiger partial charge on any atom is -0.360 e. The van der Waals surface area contributed by atoms with Crippen LogP contribution in [0.4, 0.5) is 0 Å². The van der Waals surface area contributed by atoms with Gasteiger partial charge in [0, 0.05) is 35.5 Å². The SMILES string of the molecule is CCn1c(SCC(=O)c2cc(C)n(-c3cc(C)on3)c2C)nnc1C1CC1. The van der Waals surface area contributed by atoms with Crippen LogP contribution in [0.1, 0.15) is 59.0 Å². The predicted molar refractivity (Wildman–Crippen MR) is 103 cm³/mol. The maximum absolute atomic E-state index is 12.9. The molecule has 0 spiro atoms. The Labute approximate surface area is 162 Å². The van der Waals surface area contributed by atoms with Gasteiger partial charge in [0.25, 0.3) is 0 Å². The summed E-state index contributed by atoms with van der Waals surface area (Å²) in [4.78, 5) is 12.9. The van der Waals surface area contributed by atoms with Crippen molar-refractivity contribution in [1.82, 2.24) is 24.5 Å². The summed E-state index contributed by atoms with van der Waals surface area (Å²) in [7, 11) is 0. The highest BCUT2D eigenvalue weighted by molar-refractivity contribution is 7.99. The molecule has 27 heavy (non-hydrogen) atoms. The van der Waals surface area contributed by atoms with Crippen molar-refractivity contribution < 1.29 is 9.32 Å². The highest BCUT2D eigenvalue weighted by Gasteiger charge is 2.30. The van der Waals surface area contributed by atoms with Crippen molar-refractivity contribution in [2.75, 3.05) is 5.75 Å². The first-order chi connectivity index (χ1) is 13.0. The Morgan fingerprint density at radius 3 is 2.67 bits per heavy atom. The van der Waals surface area contributed by atoms with Crippen molar-refractivity contribution in [3.8, 4) is 5.82 Å². The second kappa shape index (κ2) is 6.99. The molecule has 4 rings (SSSR count). The van der Waals surface area contributed by atoms with Crippen molar-refractivity contribution in [2.45, 2.75) is 58.2 Å². The smallest absolute Gasteiger partial charge is 0.191 e. The Kier molecular flexibility index (Phi) is 4.67. The highest BCUT2D eigenvalue weighted by Crippen LogP contribution is 2.40. The number of aromatic nitrogens is 5. The van der Waals surface area contributed by atoms with Crippen LogP contribution in [0.25, 0.3) is 5.82 Å². The van der Waals surface area contributed by atoms with Gasteiger partial charge >= 0.3 is 0 Å². The molecule has 0 saturated heterocycles. The molecular weight excluding hydrogens is 362 g/mol. The number of carbonyl (C=O) groups is 1. The van der Waals surface area contributed by atoms with Crippen LogP contribution >= 0.6 is 11.8 Å². The quantitative estimate of drug-likeness (QED) is 0.454. The molecule has 1 fully saturated rings. The standard InChI is InChI=1S/C19H23N5O2S/c1-5-23-18(14-6-7-14)20-21-19(23)27-10-16(25)15-8-11(2)24(13(15)4)17-9-12(3)26-22-17/h8-9,14H,5-7,10H2,1-4H3. The average Bonchev–Trinajstić information content (AvgIpc) is 3.15. The van der Waals surface area contributed by atoms with Crippen LogP contribution in [-0.4, -0.2) is 36.0 Å². The van der Waals surface area contributed by atoms with Crippen molar-refractivity contribution >= 4 is 17.5 Å². The van der Waals surface area contributed by atoms with E-state index in [1.807, 2.05) is 37.5 Å². The summed E-state index contributed by atoms with van der Waals surface area (Å²) in [5, 5.41) is 13.5. The number of hydrogen-bond donors (Lipinski definition) is 0. The lowest BCUT2D eigenvalue weighted by atomic mass is 10.2. The lowest BCUT2D eigenvalue weighted by Gasteiger charge is -2.07. The summed E-state index contributed by atoms with van der Waals surface area (Å²) in [6.45, 7) is 8.68. The Bertz CT molecular complexity index is 996. The molecule has 0 radical (unpaired) electrons. The van der Waals surface area contributed by atoms with Crippen LogP contribution in [0, 0.1) is 20.8 Å². The number of nitrogens with zero attached hydrogens (tertiary/aromatic N) is 5. The third-order valence-electron chi connectivity index (χ3n) is 4.91. The van der Waals surface area contributed by atoms with E-state index in [2.05, 4.69) is 26.8 Å². The summed E-state index contributed by atoms with van der Waals surface area (Å²) < 4.78 is 9.27. The molecular formula is C19H23N5O2S. The number of Topliss-reactive ketones (excluding diaryl/α,β-unsaturated/α-hetero) is 1.